The minimum atomic E-state index is -1.16. The molecule has 3 nitrogen and oxygen atoms in total. The van der Waals surface area contributed by atoms with Gasteiger partial charge in [-0.1, -0.05) is 13.3 Å². The van der Waals surface area contributed by atoms with E-state index in [4.69, 9.17) is 0 Å². The van der Waals surface area contributed by atoms with Crippen LogP contribution in [0.3, 0.4) is 0 Å². The predicted molar refractivity (Wildman–Crippen MR) is 68.1 cm³/mol. The van der Waals surface area contributed by atoms with E-state index in [9.17, 15) is 13.6 Å². The van der Waals surface area contributed by atoms with Crippen molar-refractivity contribution in [2.24, 2.45) is 5.92 Å². The minimum Gasteiger partial charge on any atom is -0.465 e. The molecule has 2 atom stereocenters. The fraction of sp³-hybridized carbons (Fsp3) is 0.500. The van der Waals surface area contributed by atoms with E-state index in [1.165, 1.54) is 12.1 Å². The number of esters is 1. The first-order chi connectivity index (χ1) is 9.04. The van der Waals surface area contributed by atoms with E-state index in [-0.39, 0.29) is 17.3 Å². The molecule has 1 aromatic carbocycles. The topological polar surface area (TPSA) is 38.3 Å². The molecule has 0 amide bonds. The summed E-state index contributed by atoms with van der Waals surface area (Å²) in [6.45, 7) is 2.09. The monoisotopic (exact) mass is 269 g/mol. The molecule has 0 aliphatic heterocycles. The number of rotatable bonds is 3. The maximum Gasteiger partial charge on any atom is 0.340 e. The van der Waals surface area contributed by atoms with E-state index in [0.717, 1.165) is 26.4 Å². The Morgan fingerprint density at radius 1 is 1.32 bits per heavy atom. The summed E-state index contributed by atoms with van der Waals surface area (Å²) in [6, 6.07) is 2.78. The van der Waals surface area contributed by atoms with Gasteiger partial charge in [0.25, 0.3) is 0 Å². The van der Waals surface area contributed by atoms with E-state index in [1.807, 2.05) is 0 Å². The van der Waals surface area contributed by atoms with Gasteiger partial charge in [-0.25, -0.2) is 13.6 Å². The lowest BCUT2D eigenvalue weighted by atomic mass is 10.1. The number of ether oxygens (including phenoxy) is 1. The highest BCUT2D eigenvalue weighted by molar-refractivity contribution is 5.90. The summed E-state index contributed by atoms with van der Waals surface area (Å²) in [5, 5.41) is 3.02. The van der Waals surface area contributed by atoms with Crippen molar-refractivity contribution in [1.29, 1.82) is 0 Å². The molecular formula is C14H17F2NO2. The molecule has 1 aliphatic rings. The third-order valence-corrected chi connectivity index (χ3v) is 3.69. The summed E-state index contributed by atoms with van der Waals surface area (Å²) in [6.07, 6.45) is 3.12. The van der Waals surface area contributed by atoms with E-state index in [0.29, 0.717) is 5.92 Å². The number of carbonyl (C=O) groups excluding carboxylic acids is 1. The predicted octanol–water partition coefficient (Wildman–Crippen LogP) is 3.35. The second-order valence-corrected chi connectivity index (χ2v) is 4.94. The van der Waals surface area contributed by atoms with Gasteiger partial charge in [0, 0.05) is 6.04 Å². The highest BCUT2D eigenvalue weighted by Crippen LogP contribution is 2.30. The molecule has 1 aromatic rings. The molecule has 2 rings (SSSR count). The second kappa shape index (κ2) is 5.55. The lowest BCUT2D eigenvalue weighted by Crippen LogP contribution is -2.23. The Bertz CT molecular complexity index is 491. The Balaban J connectivity index is 2.23. The van der Waals surface area contributed by atoms with E-state index in [1.54, 1.807) is 0 Å². The van der Waals surface area contributed by atoms with E-state index < -0.39 is 17.6 Å². The molecule has 1 N–H and O–H groups in total. The standard InChI is InChI=1S/C14H17F2NO2/c1-8-4-3-5-10(8)17-11-7-6-9(14(18)19-2)12(15)13(11)16/h6-8,10,17H,3-5H2,1-2H3. The average Bonchev–Trinajstić information content (AvgIpc) is 2.80. The van der Waals surface area contributed by atoms with E-state index >= 15 is 0 Å². The maximum absolute atomic E-state index is 13.9. The summed E-state index contributed by atoms with van der Waals surface area (Å²) in [5.74, 6) is -2.63. The first-order valence-electron chi connectivity index (χ1n) is 6.37. The van der Waals surface area contributed by atoms with Crippen molar-refractivity contribution in [2.75, 3.05) is 12.4 Å². The van der Waals surface area contributed by atoms with Crippen LogP contribution >= 0.6 is 0 Å². The zero-order valence-corrected chi connectivity index (χ0v) is 11.0. The van der Waals surface area contributed by atoms with Gasteiger partial charge in [-0.2, -0.15) is 0 Å². The Morgan fingerprint density at radius 3 is 2.63 bits per heavy atom. The van der Waals surface area contributed by atoms with Gasteiger partial charge < -0.3 is 10.1 Å². The number of hydrogen-bond acceptors (Lipinski definition) is 3. The van der Waals surface area contributed by atoms with Crippen LogP contribution in [-0.4, -0.2) is 19.1 Å². The average molecular weight is 269 g/mol. The molecule has 1 saturated carbocycles. The quantitative estimate of drug-likeness (QED) is 0.855. The van der Waals surface area contributed by atoms with Gasteiger partial charge in [0.05, 0.1) is 18.4 Å². The van der Waals surface area contributed by atoms with Crippen LogP contribution in [-0.2, 0) is 4.74 Å². The van der Waals surface area contributed by atoms with Crippen LogP contribution in [0.2, 0.25) is 0 Å². The van der Waals surface area contributed by atoms with Gasteiger partial charge in [-0.15, -0.1) is 0 Å². The van der Waals surface area contributed by atoms with Crippen LogP contribution in [0.1, 0.15) is 36.5 Å². The van der Waals surface area contributed by atoms with Crippen LogP contribution in [0, 0.1) is 17.6 Å². The summed E-state index contributed by atoms with van der Waals surface area (Å²) < 4.78 is 32.0. The number of halogens is 2. The van der Waals surface area contributed by atoms with Crippen LogP contribution in [0.5, 0.6) is 0 Å². The maximum atomic E-state index is 13.9. The van der Waals surface area contributed by atoms with Crippen molar-refractivity contribution >= 4 is 11.7 Å². The van der Waals surface area contributed by atoms with E-state index in [2.05, 4.69) is 17.0 Å². The molecule has 104 valence electrons. The summed E-state index contributed by atoms with van der Waals surface area (Å²) in [5.41, 5.74) is -0.283. The molecule has 1 aliphatic carbocycles. The van der Waals surface area contributed by atoms with Gasteiger partial charge in [-0.05, 0) is 30.9 Å². The van der Waals surface area contributed by atoms with Crippen LogP contribution in [0.4, 0.5) is 14.5 Å². The molecule has 0 bridgehead atoms. The molecule has 0 heterocycles. The zero-order valence-electron chi connectivity index (χ0n) is 11.0. The summed E-state index contributed by atoms with van der Waals surface area (Å²) in [4.78, 5) is 11.2. The van der Waals surface area contributed by atoms with Crippen molar-refractivity contribution in [2.45, 2.75) is 32.2 Å². The Kier molecular flexibility index (Phi) is 4.02. The van der Waals surface area contributed by atoms with Crippen LogP contribution in [0.25, 0.3) is 0 Å². The largest absolute Gasteiger partial charge is 0.465 e. The number of carbonyl (C=O) groups is 1. The highest BCUT2D eigenvalue weighted by Gasteiger charge is 2.25. The number of benzene rings is 1. The Morgan fingerprint density at radius 2 is 2.05 bits per heavy atom. The van der Waals surface area contributed by atoms with Gasteiger partial charge in [0.15, 0.2) is 11.6 Å². The molecule has 2 unspecified atom stereocenters. The van der Waals surface area contributed by atoms with Crippen LogP contribution in [0.15, 0.2) is 12.1 Å². The van der Waals surface area contributed by atoms with Crippen molar-refractivity contribution in [3.63, 3.8) is 0 Å². The molecular weight excluding hydrogens is 252 g/mol. The molecule has 19 heavy (non-hydrogen) atoms. The van der Waals surface area contributed by atoms with Crippen molar-refractivity contribution in [1.82, 2.24) is 0 Å². The Hall–Kier alpha value is -1.65. The minimum absolute atomic E-state index is 0.101. The van der Waals surface area contributed by atoms with Gasteiger partial charge in [0.2, 0.25) is 0 Å². The van der Waals surface area contributed by atoms with Crippen molar-refractivity contribution in [3.8, 4) is 0 Å². The lowest BCUT2D eigenvalue weighted by Gasteiger charge is -2.19. The van der Waals surface area contributed by atoms with Crippen LogP contribution < -0.4 is 5.32 Å². The number of nitrogens with one attached hydrogen (secondary N) is 1. The second-order valence-electron chi connectivity index (χ2n) is 4.94. The number of methoxy groups -OCH3 is 1. The molecule has 1 fully saturated rings. The Labute approximate surface area is 111 Å². The number of hydrogen-bond donors (Lipinski definition) is 1. The first kappa shape index (κ1) is 13.8. The third kappa shape index (κ3) is 2.69. The molecule has 0 radical (unpaired) electrons. The fourth-order valence-electron chi connectivity index (χ4n) is 2.49. The smallest absolute Gasteiger partial charge is 0.340 e. The summed E-state index contributed by atoms with van der Waals surface area (Å²) >= 11 is 0. The lowest BCUT2D eigenvalue weighted by molar-refractivity contribution is 0.0594. The van der Waals surface area contributed by atoms with Gasteiger partial charge >= 0.3 is 5.97 Å². The fourth-order valence-corrected chi connectivity index (χ4v) is 2.49. The third-order valence-electron chi connectivity index (χ3n) is 3.69. The normalized spacial score (nSPS) is 22.3. The SMILES string of the molecule is COC(=O)c1ccc(NC2CCCC2C)c(F)c1F. The first-order valence-corrected chi connectivity index (χ1v) is 6.37. The zero-order chi connectivity index (χ0) is 14.0. The van der Waals surface area contributed by atoms with Crippen molar-refractivity contribution < 1.29 is 18.3 Å². The molecule has 5 heteroatoms. The highest BCUT2D eigenvalue weighted by atomic mass is 19.2. The molecule has 0 aromatic heterocycles. The molecule has 0 spiro atoms. The van der Waals surface area contributed by atoms with Gasteiger partial charge in [-0.3, -0.25) is 0 Å². The van der Waals surface area contributed by atoms with Gasteiger partial charge in [0.1, 0.15) is 0 Å². The van der Waals surface area contributed by atoms with Crippen molar-refractivity contribution in [3.05, 3.63) is 29.3 Å². The molecule has 0 saturated heterocycles. The summed E-state index contributed by atoms with van der Waals surface area (Å²) in [7, 11) is 1.13. The number of anilines is 1.